The largest absolute Gasteiger partial charge is 0.465 e. The zero-order valence-electron chi connectivity index (χ0n) is 15.6. The summed E-state index contributed by atoms with van der Waals surface area (Å²) in [6.45, 7) is 3.97. The molecule has 6 nitrogen and oxygen atoms in total. The first-order valence-electron chi connectivity index (χ1n) is 8.78. The summed E-state index contributed by atoms with van der Waals surface area (Å²) in [4.78, 5) is 27.8. The van der Waals surface area contributed by atoms with Crippen LogP contribution < -0.4 is 5.32 Å². The van der Waals surface area contributed by atoms with Crippen molar-refractivity contribution in [2.75, 3.05) is 18.9 Å². The fourth-order valence-electron chi connectivity index (χ4n) is 2.83. The molecule has 0 aliphatic rings. The van der Waals surface area contributed by atoms with Gasteiger partial charge in [-0.3, -0.25) is 14.2 Å². The van der Waals surface area contributed by atoms with E-state index in [0.717, 1.165) is 15.7 Å². The number of carbonyl (C=O) groups excluding carboxylic acids is 2. The molecule has 1 amide bonds. The number of aryl methyl sites for hydroxylation is 1. The van der Waals surface area contributed by atoms with Gasteiger partial charge in [-0.2, -0.15) is 0 Å². The third-order valence-corrected chi connectivity index (χ3v) is 5.63. The summed E-state index contributed by atoms with van der Waals surface area (Å²) in [5.74, 6) is -0.555. The summed E-state index contributed by atoms with van der Waals surface area (Å²) < 4.78 is 7.58. The molecule has 1 heterocycles. The van der Waals surface area contributed by atoms with Gasteiger partial charge in [0.2, 0.25) is 5.91 Å². The number of benzene rings is 2. The number of ether oxygens (including phenoxy) is 1. The van der Waals surface area contributed by atoms with Crippen molar-refractivity contribution in [2.24, 2.45) is 0 Å². The monoisotopic (exact) mass is 461 g/mol. The number of halogens is 1. The zero-order valence-corrected chi connectivity index (χ0v) is 18.0. The lowest BCUT2D eigenvalue weighted by atomic mass is 10.0. The molecule has 1 N–H and O–H groups in total. The number of esters is 1. The highest BCUT2D eigenvalue weighted by Gasteiger charge is 2.15. The van der Waals surface area contributed by atoms with Crippen LogP contribution in [0, 0.1) is 6.92 Å². The second kappa shape index (κ2) is 9.25. The highest BCUT2D eigenvalue weighted by molar-refractivity contribution is 9.10. The molecule has 3 rings (SSSR count). The number of carbonyl (C=O) groups is 2. The first kappa shape index (κ1) is 20.4. The number of rotatable bonds is 7. The van der Waals surface area contributed by atoms with Crippen molar-refractivity contribution < 1.29 is 14.3 Å². The number of hydrogen-bond acceptors (Lipinski definition) is 5. The van der Waals surface area contributed by atoms with Crippen molar-refractivity contribution in [3.05, 3.63) is 52.8 Å². The Morgan fingerprint density at radius 2 is 1.96 bits per heavy atom. The Morgan fingerprint density at radius 3 is 2.71 bits per heavy atom. The van der Waals surface area contributed by atoms with Gasteiger partial charge in [-0.25, -0.2) is 4.98 Å². The van der Waals surface area contributed by atoms with E-state index in [1.54, 1.807) is 13.1 Å². The van der Waals surface area contributed by atoms with E-state index >= 15 is 0 Å². The summed E-state index contributed by atoms with van der Waals surface area (Å²) in [5, 5.41) is 5.52. The van der Waals surface area contributed by atoms with Crippen LogP contribution in [0.3, 0.4) is 0 Å². The molecule has 2 aromatic carbocycles. The van der Waals surface area contributed by atoms with Crippen molar-refractivity contribution in [1.82, 2.24) is 14.9 Å². The summed E-state index contributed by atoms with van der Waals surface area (Å²) in [6.07, 6.45) is 1.72. The van der Waals surface area contributed by atoms with Crippen LogP contribution in [0.1, 0.15) is 12.5 Å². The highest BCUT2D eigenvalue weighted by Crippen LogP contribution is 2.32. The number of hydrogen-bond donors (Lipinski definition) is 1. The number of nitrogens with zero attached hydrogens (tertiary/aromatic N) is 2. The van der Waals surface area contributed by atoms with E-state index in [2.05, 4.69) is 57.4 Å². The first-order chi connectivity index (χ1) is 13.5. The first-order valence-corrected chi connectivity index (χ1v) is 10.6. The Labute approximate surface area is 175 Å². The van der Waals surface area contributed by atoms with Crippen LogP contribution in [0.5, 0.6) is 0 Å². The molecule has 0 atom stereocenters. The number of aromatic nitrogens is 2. The molecule has 0 bridgehead atoms. The minimum atomic E-state index is -0.448. The van der Waals surface area contributed by atoms with E-state index in [4.69, 9.17) is 4.74 Å². The molecule has 8 heteroatoms. The predicted octanol–water partition coefficient (Wildman–Crippen LogP) is 3.87. The number of nitrogens with one attached hydrogen (secondary N) is 1. The molecule has 146 valence electrons. The minimum Gasteiger partial charge on any atom is -0.465 e. The number of fused-ring (bicyclic) bond motifs is 1. The lowest BCUT2D eigenvalue weighted by Gasteiger charge is -2.13. The van der Waals surface area contributed by atoms with Gasteiger partial charge in [0.05, 0.1) is 24.2 Å². The lowest BCUT2D eigenvalue weighted by Crippen LogP contribution is -2.31. The summed E-state index contributed by atoms with van der Waals surface area (Å²) >= 11 is 4.86. The Kier molecular flexibility index (Phi) is 6.74. The van der Waals surface area contributed by atoms with Gasteiger partial charge in [-0.15, -0.1) is 0 Å². The Balaban J connectivity index is 1.79. The van der Waals surface area contributed by atoms with Crippen LogP contribution in [-0.4, -0.2) is 40.3 Å². The molecule has 0 radical (unpaired) electrons. The topological polar surface area (TPSA) is 73.2 Å². The summed E-state index contributed by atoms with van der Waals surface area (Å²) in [7, 11) is 0. The Hall–Kier alpha value is -2.32. The molecule has 0 saturated carbocycles. The van der Waals surface area contributed by atoms with E-state index in [1.165, 1.54) is 22.7 Å². The molecule has 0 aliphatic heterocycles. The van der Waals surface area contributed by atoms with Crippen LogP contribution in [0.15, 0.2) is 52.4 Å². The average Bonchev–Trinajstić information content (AvgIpc) is 3.06. The third-order valence-electron chi connectivity index (χ3n) is 4.11. The molecule has 0 saturated heterocycles. The van der Waals surface area contributed by atoms with Gasteiger partial charge in [0.1, 0.15) is 11.1 Å². The van der Waals surface area contributed by atoms with Gasteiger partial charge in [0.15, 0.2) is 5.16 Å². The molecule has 0 spiro atoms. The normalized spacial score (nSPS) is 10.8. The maximum Gasteiger partial charge on any atom is 0.325 e. The fraction of sp³-hybridized carbons (Fsp3) is 0.250. The molecule has 0 unspecified atom stereocenters. The van der Waals surface area contributed by atoms with Gasteiger partial charge in [0.25, 0.3) is 0 Å². The van der Waals surface area contributed by atoms with Gasteiger partial charge in [-0.05, 0) is 46.8 Å². The Bertz CT molecular complexity index is 1020. The van der Waals surface area contributed by atoms with Gasteiger partial charge < -0.3 is 10.1 Å². The molecule has 0 aliphatic carbocycles. The molecule has 0 fully saturated rings. The zero-order chi connectivity index (χ0) is 20.1. The van der Waals surface area contributed by atoms with E-state index < -0.39 is 5.97 Å². The lowest BCUT2D eigenvalue weighted by molar-refractivity contribution is -0.143. The summed E-state index contributed by atoms with van der Waals surface area (Å²) in [5.41, 5.74) is 2.18. The van der Waals surface area contributed by atoms with E-state index in [1.807, 2.05) is 16.7 Å². The maximum absolute atomic E-state index is 12.0. The maximum atomic E-state index is 12.0. The molecular formula is C20H20BrN3O3S. The van der Waals surface area contributed by atoms with Gasteiger partial charge in [-0.1, -0.05) is 42.1 Å². The molecule has 28 heavy (non-hydrogen) atoms. The van der Waals surface area contributed by atoms with Crippen molar-refractivity contribution in [1.29, 1.82) is 0 Å². The van der Waals surface area contributed by atoms with E-state index in [0.29, 0.717) is 11.8 Å². The molecule has 1 aromatic heterocycles. The van der Waals surface area contributed by atoms with Crippen LogP contribution in [0.4, 0.5) is 0 Å². The Morgan fingerprint density at radius 1 is 1.21 bits per heavy atom. The average molecular weight is 462 g/mol. The minimum absolute atomic E-state index is 0.131. The second-order valence-corrected chi connectivity index (χ2v) is 7.77. The predicted molar refractivity (Wildman–Crippen MR) is 114 cm³/mol. The SMILES string of the molecule is CCOC(=O)CNC(=O)CSc1ncc(Br)n1-c1ccc(C)c2ccccc12. The fourth-order valence-corrected chi connectivity index (χ4v) is 4.22. The van der Waals surface area contributed by atoms with E-state index in [9.17, 15) is 9.59 Å². The smallest absolute Gasteiger partial charge is 0.325 e. The van der Waals surface area contributed by atoms with Crippen LogP contribution >= 0.6 is 27.7 Å². The van der Waals surface area contributed by atoms with Gasteiger partial charge in [0, 0.05) is 5.39 Å². The standard InChI is InChI=1S/C20H20BrN3O3S/c1-3-27-19(26)11-22-18(25)12-28-20-23-10-17(21)24(20)16-9-8-13(2)14-6-4-5-7-15(14)16/h4-10H,3,11-12H2,1-2H3,(H,22,25). The number of amides is 1. The quantitative estimate of drug-likeness (QED) is 0.427. The van der Waals surface area contributed by atoms with Crippen molar-refractivity contribution in [3.63, 3.8) is 0 Å². The number of thioether (sulfide) groups is 1. The van der Waals surface area contributed by atoms with Crippen LogP contribution in [0.25, 0.3) is 16.5 Å². The van der Waals surface area contributed by atoms with Crippen molar-refractivity contribution in [2.45, 2.75) is 19.0 Å². The van der Waals surface area contributed by atoms with Crippen LogP contribution in [0.2, 0.25) is 0 Å². The van der Waals surface area contributed by atoms with Crippen molar-refractivity contribution >= 4 is 50.3 Å². The second-order valence-electron chi connectivity index (χ2n) is 6.02. The van der Waals surface area contributed by atoms with E-state index in [-0.39, 0.29) is 18.2 Å². The van der Waals surface area contributed by atoms with Crippen LogP contribution in [-0.2, 0) is 14.3 Å². The molecule has 3 aromatic rings. The third kappa shape index (κ3) is 4.56. The van der Waals surface area contributed by atoms with Gasteiger partial charge >= 0.3 is 5.97 Å². The summed E-state index contributed by atoms with van der Waals surface area (Å²) in [6, 6.07) is 12.3. The molecular weight excluding hydrogens is 442 g/mol. The number of imidazole rings is 1. The van der Waals surface area contributed by atoms with Crippen molar-refractivity contribution in [3.8, 4) is 5.69 Å². The highest BCUT2D eigenvalue weighted by atomic mass is 79.9.